The molecular weight excluding hydrogens is 291 g/mol. The number of carbonyl (C=O) groups is 1. The molecule has 0 spiro atoms. The molecule has 0 aliphatic heterocycles. The molecule has 0 aromatic heterocycles. The van der Waals surface area contributed by atoms with E-state index in [1.54, 1.807) is 0 Å². The van der Waals surface area contributed by atoms with Gasteiger partial charge in [-0.25, -0.2) is 4.39 Å². The molecule has 0 aliphatic carbocycles. The third-order valence-corrected chi connectivity index (χ3v) is 3.31. The highest BCUT2D eigenvalue weighted by molar-refractivity contribution is 6.30. The molecule has 2 N–H and O–H groups in total. The number of amides is 1. The van der Waals surface area contributed by atoms with Crippen LogP contribution in [0.5, 0.6) is 0 Å². The molecule has 0 aliphatic rings. The largest absolute Gasteiger partial charge is 0.322 e. The normalized spacial score (nSPS) is 12.0. The van der Waals surface area contributed by atoms with Crippen LogP contribution in [0.2, 0.25) is 5.02 Å². The summed E-state index contributed by atoms with van der Waals surface area (Å²) in [5.41, 5.74) is 1.17. The highest BCUT2D eigenvalue weighted by atomic mass is 35.5. The SMILES string of the molecule is C[C@@H](NCC(=O)Nc1cc(Cl)ccc1F)c1ccccc1. The highest BCUT2D eigenvalue weighted by Crippen LogP contribution is 2.19. The molecule has 0 saturated carbocycles. The summed E-state index contributed by atoms with van der Waals surface area (Å²) in [6.07, 6.45) is 0. The molecule has 2 aromatic carbocycles. The van der Waals surface area contributed by atoms with Gasteiger partial charge in [0.25, 0.3) is 0 Å². The van der Waals surface area contributed by atoms with Crippen LogP contribution >= 0.6 is 11.6 Å². The number of nitrogens with one attached hydrogen (secondary N) is 2. The minimum atomic E-state index is -0.510. The van der Waals surface area contributed by atoms with E-state index in [4.69, 9.17) is 11.6 Å². The third kappa shape index (κ3) is 4.55. The number of benzene rings is 2. The molecule has 0 saturated heterocycles. The molecule has 21 heavy (non-hydrogen) atoms. The summed E-state index contributed by atoms with van der Waals surface area (Å²) < 4.78 is 13.5. The molecule has 110 valence electrons. The summed E-state index contributed by atoms with van der Waals surface area (Å²) in [5.74, 6) is -0.831. The lowest BCUT2D eigenvalue weighted by molar-refractivity contribution is -0.115. The first-order valence-electron chi connectivity index (χ1n) is 6.59. The van der Waals surface area contributed by atoms with E-state index in [-0.39, 0.29) is 24.2 Å². The maximum atomic E-state index is 13.5. The fourth-order valence-electron chi connectivity index (χ4n) is 1.89. The van der Waals surface area contributed by atoms with Crippen LogP contribution in [-0.2, 0) is 4.79 Å². The fraction of sp³-hybridized carbons (Fsp3) is 0.188. The maximum absolute atomic E-state index is 13.5. The summed E-state index contributed by atoms with van der Waals surface area (Å²) in [4.78, 5) is 11.8. The van der Waals surface area contributed by atoms with E-state index in [1.165, 1.54) is 18.2 Å². The average Bonchev–Trinajstić information content (AvgIpc) is 2.49. The molecule has 0 radical (unpaired) electrons. The van der Waals surface area contributed by atoms with Crippen LogP contribution in [0.25, 0.3) is 0 Å². The Kier molecular flexibility index (Phi) is 5.31. The Morgan fingerprint density at radius 3 is 2.67 bits per heavy atom. The first-order valence-corrected chi connectivity index (χ1v) is 6.97. The van der Waals surface area contributed by atoms with Crippen molar-refractivity contribution >= 4 is 23.2 Å². The van der Waals surface area contributed by atoms with Crippen LogP contribution in [-0.4, -0.2) is 12.5 Å². The van der Waals surface area contributed by atoms with Crippen LogP contribution < -0.4 is 10.6 Å². The number of rotatable bonds is 5. The molecule has 0 heterocycles. The van der Waals surface area contributed by atoms with Gasteiger partial charge in [0.2, 0.25) is 5.91 Å². The molecule has 5 heteroatoms. The Bertz CT molecular complexity index is 619. The zero-order valence-electron chi connectivity index (χ0n) is 11.6. The summed E-state index contributed by atoms with van der Waals surface area (Å²) >= 11 is 5.77. The van der Waals surface area contributed by atoms with Crippen molar-refractivity contribution in [2.24, 2.45) is 0 Å². The van der Waals surface area contributed by atoms with Crippen LogP contribution in [0, 0.1) is 5.82 Å². The van der Waals surface area contributed by atoms with E-state index in [0.29, 0.717) is 5.02 Å². The average molecular weight is 307 g/mol. The zero-order chi connectivity index (χ0) is 15.2. The van der Waals surface area contributed by atoms with Gasteiger partial charge in [0.05, 0.1) is 12.2 Å². The van der Waals surface area contributed by atoms with Crippen LogP contribution in [0.1, 0.15) is 18.5 Å². The summed E-state index contributed by atoms with van der Waals surface area (Å²) in [7, 11) is 0. The quantitative estimate of drug-likeness (QED) is 0.883. The van der Waals surface area contributed by atoms with Crippen molar-refractivity contribution in [2.45, 2.75) is 13.0 Å². The van der Waals surface area contributed by atoms with Gasteiger partial charge in [0.15, 0.2) is 0 Å². The van der Waals surface area contributed by atoms with E-state index in [2.05, 4.69) is 10.6 Å². The molecule has 1 atom stereocenters. The Hall–Kier alpha value is -1.91. The molecule has 3 nitrogen and oxygen atoms in total. The van der Waals surface area contributed by atoms with E-state index in [1.807, 2.05) is 37.3 Å². The van der Waals surface area contributed by atoms with Crippen molar-refractivity contribution in [3.8, 4) is 0 Å². The van der Waals surface area contributed by atoms with Crippen LogP contribution in [0.4, 0.5) is 10.1 Å². The topological polar surface area (TPSA) is 41.1 Å². The van der Waals surface area contributed by atoms with Crippen LogP contribution in [0.15, 0.2) is 48.5 Å². The zero-order valence-corrected chi connectivity index (χ0v) is 12.3. The number of hydrogen-bond donors (Lipinski definition) is 2. The van der Waals surface area contributed by atoms with Gasteiger partial charge in [-0.2, -0.15) is 0 Å². The Labute approximate surface area is 128 Å². The fourth-order valence-corrected chi connectivity index (χ4v) is 2.07. The second kappa shape index (κ2) is 7.20. The van der Waals surface area contributed by atoms with E-state index in [0.717, 1.165) is 5.56 Å². The first kappa shape index (κ1) is 15.5. The van der Waals surface area contributed by atoms with Gasteiger partial charge >= 0.3 is 0 Å². The van der Waals surface area contributed by atoms with Gasteiger partial charge in [-0.05, 0) is 30.7 Å². The van der Waals surface area contributed by atoms with Gasteiger partial charge in [-0.3, -0.25) is 4.79 Å². The smallest absolute Gasteiger partial charge is 0.238 e. The van der Waals surface area contributed by atoms with Gasteiger partial charge < -0.3 is 10.6 Å². The Balaban J connectivity index is 1.89. The predicted octanol–water partition coefficient (Wildman–Crippen LogP) is 3.77. The minimum absolute atomic E-state index is 0.0289. The van der Waals surface area contributed by atoms with Crippen molar-refractivity contribution in [3.05, 3.63) is 64.9 Å². The van der Waals surface area contributed by atoms with E-state index < -0.39 is 5.82 Å². The number of hydrogen-bond acceptors (Lipinski definition) is 2. The maximum Gasteiger partial charge on any atom is 0.238 e. The monoisotopic (exact) mass is 306 g/mol. The van der Waals surface area contributed by atoms with Crippen LogP contribution in [0.3, 0.4) is 0 Å². The molecule has 0 fully saturated rings. The number of halogens is 2. The molecule has 2 aromatic rings. The van der Waals surface area contributed by atoms with Crippen molar-refractivity contribution in [2.75, 3.05) is 11.9 Å². The second-order valence-corrected chi connectivity index (χ2v) is 5.12. The van der Waals surface area contributed by atoms with Gasteiger partial charge in [-0.15, -0.1) is 0 Å². The number of carbonyl (C=O) groups excluding carboxylic acids is 1. The van der Waals surface area contributed by atoms with Gasteiger partial charge in [0.1, 0.15) is 5.82 Å². The lowest BCUT2D eigenvalue weighted by Crippen LogP contribution is -2.30. The Morgan fingerprint density at radius 1 is 1.24 bits per heavy atom. The van der Waals surface area contributed by atoms with Crippen molar-refractivity contribution in [3.63, 3.8) is 0 Å². The first-order chi connectivity index (χ1) is 10.1. The van der Waals surface area contributed by atoms with Gasteiger partial charge in [0, 0.05) is 11.1 Å². The highest BCUT2D eigenvalue weighted by Gasteiger charge is 2.10. The lowest BCUT2D eigenvalue weighted by atomic mass is 10.1. The standard InChI is InChI=1S/C16H16ClFN2O/c1-11(12-5-3-2-4-6-12)19-10-16(21)20-15-9-13(17)7-8-14(15)18/h2-9,11,19H,10H2,1H3,(H,20,21)/t11-/m1/s1. The third-order valence-electron chi connectivity index (χ3n) is 3.07. The van der Waals surface area contributed by atoms with Crippen molar-refractivity contribution in [1.82, 2.24) is 5.32 Å². The summed E-state index contributed by atoms with van der Waals surface area (Å²) in [6.45, 7) is 2.05. The van der Waals surface area contributed by atoms with Crippen molar-refractivity contribution in [1.29, 1.82) is 0 Å². The van der Waals surface area contributed by atoms with E-state index in [9.17, 15) is 9.18 Å². The van der Waals surface area contributed by atoms with Gasteiger partial charge in [-0.1, -0.05) is 41.9 Å². The van der Waals surface area contributed by atoms with Crippen molar-refractivity contribution < 1.29 is 9.18 Å². The molecule has 2 rings (SSSR count). The second-order valence-electron chi connectivity index (χ2n) is 4.69. The number of anilines is 1. The molecule has 1 amide bonds. The molecule has 0 bridgehead atoms. The Morgan fingerprint density at radius 2 is 1.95 bits per heavy atom. The summed E-state index contributed by atoms with van der Waals surface area (Å²) in [5, 5.41) is 5.96. The minimum Gasteiger partial charge on any atom is -0.322 e. The summed E-state index contributed by atoms with van der Waals surface area (Å²) in [6, 6.07) is 13.8. The van der Waals surface area contributed by atoms with E-state index >= 15 is 0 Å². The predicted molar refractivity (Wildman–Crippen MR) is 82.9 cm³/mol. The molecule has 0 unspecified atom stereocenters. The molecular formula is C16H16ClFN2O. The lowest BCUT2D eigenvalue weighted by Gasteiger charge is -2.14.